The highest BCUT2D eigenvalue weighted by atomic mass is 32.1. The maximum absolute atomic E-state index is 13.2. The van der Waals surface area contributed by atoms with E-state index in [1.54, 1.807) is 48.5 Å². The Morgan fingerprint density at radius 2 is 1.91 bits per heavy atom. The maximum Gasteiger partial charge on any atom is 0.270 e. The second kappa shape index (κ2) is 9.05. The van der Waals surface area contributed by atoms with E-state index in [9.17, 15) is 19.7 Å². The van der Waals surface area contributed by atoms with Crippen molar-refractivity contribution in [2.24, 2.45) is 0 Å². The number of rotatable bonds is 6. The number of ether oxygens (including phenoxy) is 1. The molecular formula is C23H17N3O6S. The molecule has 9 nitrogen and oxygen atoms in total. The lowest BCUT2D eigenvalue weighted by Crippen LogP contribution is -2.54. The Labute approximate surface area is 193 Å². The van der Waals surface area contributed by atoms with Crippen molar-refractivity contribution in [3.8, 4) is 17.1 Å². The highest BCUT2D eigenvalue weighted by Gasteiger charge is 2.35. The molecule has 0 bridgehead atoms. The highest BCUT2D eigenvalue weighted by molar-refractivity contribution is 7.80. The zero-order valence-electron chi connectivity index (χ0n) is 17.3. The van der Waals surface area contributed by atoms with E-state index < -0.39 is 16.7 Å². The van der Waals surface area contributed by atoms with Gasteiger partial charge in [0.2, 0.25) is 0 Å². The van der Waals surface area contributed by atoms with Crippen LogP contribution in [-0.4, -0.2) is 28.5 Å². The van der Waals surface area contributed by atoms with E-state index in [1.165, 1.54) is 23.1 Å². The standard InChI is InChI=1S/C23H17N3O6S/c1-2-31-17-5-3-4-16(12-17)25-22(28)19(21(27)24-23(25)33)13-18-10-11-20(32-18)14-6-8-15(9-7-14)26(29)30/h3-13H,2H2,1H3,(H,24,27,33)/b19-13-. The Kier molecular flexibility index (Phi) is 6.01. The Balaban J connectivity index is 1.63. The summed E-state index contributed by atoms with van der Waals surface area (Å²) in [5, 5.41) is 13.3. The molecule has 4 rings (SSSR count). The third-order valence-electron chi connectivity index (χ3n) is 4.76. The van der Waals surface area contributed by atoms with Gasteiger partial charge in [-0.05, 0) is 61.6 Å². The summed E-state index contributed by atoms with van der Waals surface area (Å²) in [6, 6.07) is 15.9. The van der Waals surface area contributed by atoms with Gasteiger partial charge in [0, 0.05) is 23.8 Å². The van der Waals surface area contributed by atoms with Crippen molar-refractivity contribution < 1.29 is 23.7 Å². The Morgan fingerprint density at radius 1 is 1.15 bits per heavy atom. The van der Waals surface area contributed by atoms with Gasteiger partial charge in [0.1, 0.15) is 22.8 Å². The maximum atomic E-state index is 13.2. The van der Waals surface area contributed by atoms with Crippen molar-refractivity contribution in [1.29, 1.82) is 0 Å². The van der Waals surface area contributed by atoms with Gasteiger partial charge in [0.25, 0.3) is 17.5 Å². The number of nitro groups is 1. The molecule has 166 valence electrons. The first-order valence-electron chi connectivity index (χ1n) is 9.86. The van der Waals surface area contributed by atoms with Gasteiger partial charge in [-0.3, -0.25) is 29.9 Å². The predicted octanol–water partition coefficient (Wildman–Crippen LogP) is 4.08. The first-order valence-corrected chi connectivity index (χ1v) is 10.3. The third-order valence-corrected chi connectivity index (χ3v) is 5.05. The summed E-state index contributed by atoms with van der Waals surface area (Å²) in [4.78, 5) is 37.2. The monoisotopic (exact) mass is 463 g/mol. The number of amides is 2. The summed E-state index contributed by atoms with van der Waals surface area (Å²) >= 11 is 5.22. The Bertz CT molecular complexity index is 1300. The number of nitrogens with one attached hydrogen (secondary N) is 1. The lowest BCUT2D eigenvalue weighted by atomic mass is 10.1. The fraction of sp³-hybridized carbons (Fsp3) is 0.0870. The number of anilines is 1. The quantitative estimate of drug-likeness (QED) is 0.193. The Morgan fingerprint density at radius 3 is 2.61 bits per heavy atom. The van der Waals surface area contributed by atoms with E-state index in [2.05, 4.69) is 5.32 Å². The minimum atomic E-state index is -0.643. The van der Waals surface area contributed by atoms with Crippen LogP contribution in [0.15, 0.2) is 70.7 Å². The third kappa shape index (κ3) is 4.51. The van der Waals surface area contributed by atoms with Crippen LogP contribution in [-0.2, 0) is 9.59 Å². The van der Waals surface area contributed by atoms with Crippen molar-refractivity contribution in [1.82, 2.24) is 5.32 Å². The molecule has 0 spiro atoms. The molecule has 1 aliphatic heterocycles. The lowest BCUT2D eigenvalue weighted by Gasteiger charge is -2.29. The number of benzene rings is 2. The molecule has 2 aromatic carbocycles. The molecule has 33 heavy (non-hydrogen) atoms. The zero-order valence-corrected chi connectivity index (χ0v) is 18.1. The van der Waals surface area contributed by atoms with Crippen LogP contribution in [0.3, 0.4) is 0 Å². The van der Waals surface area contributed by atoms with Gasteiger partial charge in [-0.25, -0.2) is 0 Å². The number of carbonyl (C=O) groups excluding carboxylic acids is 2. The normalized spacial score (nSPS) is 15.0. The lowest BCUT2D eigenvalue weighted by molar-refractivity contribution is -0.384. The van der Waals surface area contributed by atoms with Crippen LogP contribution in [0.2, 0.25) is 0 Å². The van der Waals surface area contributed by atoms with Crippen molar-refractivity contribution in [3.63, 3.8) is 0 Å². The average Bonchev–Trinajstić information content (AvgIpc) is 3.26. The zero-order chi connectivity index (χ0) is 23.5. The number of nitro benzene ring substituents is 1. The van der Waals surface area contributed by atoms with Gasteiger partial charge >= 0.3 is 0 Å². The highest BCUT2D eigenvalue weighted by Crippen LogP contribution is 2.28. The van der Waals surface area contributed by atoms with E-state index in [0.29, 0.717) is 29.4 Å². The first kappa shape index (κ1) is 21.9. The number of non-ortho nitro benzene ring substituents is 1. The van der Waals surface area contributed by atoms with Crippen molar-refractivity contribution >= 4 is 46.6 Å². The molecule has 2 amide bonds. The second-order valence-electron chi connectivity index (χ2n) is 6.89. The van der Waals surface area contributed by atoms with Gasteiger partial charge in [-0.2, -0.15) is 0 Å². The molecule has 3 aromatic rings. The molecule has 1 aliphatic rings. The van der Waals surface area contributed by atoms with Crippen LogP contribution >= 0.6 is 12.2 Å². The average molecular weight is 463 g/mol. The predicted molar refractivity (Wildman–Crippen MR) is 125 cm³/mol. The van der Waals surface area contributed by atoms with Crippen LogP contribution in [0.4, 0.5) is 11.4 Å². The van der Waals surface area contributed by atoms with Gasteiger partial charge in [0.15, 0.2) is 5.11 Å². The summed E-state index contributed by atoms with van der Waals surface area (Å²) in [6.45, 7) is 2.30. The van der Waals surface area contributed by atoms with E-state index in [-0.39, 0.29) is 22.1 Å². The fourth-order valence-corrected chi connectivity index (χ4v) is 3.53. The minimum Gasteiger partial charge on any atom is -0.494 e. The summed E-state index contributed by atoms with van der Waals surface area (Å²) in [5.74, 6) is 0.00267. The number of hydrogen-bond donors (Lipinski definition) is 1. The largest absolute Gasteiger partial charge is 0.494 e. The molecule has 0 unspecified atom stereocenters. The number of furan rings is 1. The number of nitrogens with zero attached hydrogens (tertiary/aromatic N) is 2. The topological polar surface area (TPSA) is 115 Å². The second-order valence-corrected chi connectivity index (χ2v) is 7.28. The van der Waals surface area contributed by atoms with Crippen LogP contribution in [0.25, 0.3) is 17.4 Å². The molecule has 1 N–H and O–H groups in total. The van der Waals surface area contributed by atoms with Crippen molar-refractivity contribution in [2.45, 2.75) is 6.92 Å². The van der Waals surface area contributed by atoms with E-state index in [4.69, 9.17) is 21.4 Å². The molecular weight excluding hydrogens is 446 g/mol. The van der Waals surface area contributed by atoms with Gasteiger partial charge < -0.3 is 9.15 Å². The van der Waals surface area contributed by atoms with Crippen LogP contribution < -0.4 is 15.0 Å². The first-order chi connectivity index (χ1) is 15.9. The van der Waals surface area contributed by atoms with Gasteiger partial charge in [-0.15, -0.1) is 0 Å². The molecule has 1 fully saturated rings. The van der Waals surface area contributed by atoms with Crippen LogP contribution in [0.5, 0.6) is 5.75 Å². The van der Waals surface area contributed by atoms with Gasteiger partial charge in [0.05, 0.1) is 17.2 Å². The molecule has 2 heterocycles. The summed E-state index contributed by atoms with van der Waals surface area (Å²) in [7, 11) is 0. The number of carbonyl (C=O) groups is 2. The van der Waals surface area contributed by atoms with Gasteiger partial charge in [-0.1, -0.05) is 6.07 Å². The van der Waals surface area contributed by atoms with E-state index >= 15 is 0 Å². The van der Waals surface area contributed by atoms with E-state index in [1.807, 2.05) is 6.92 Å². The molecule has 0 saturated carbocycles. The summed E-state index contributed by atoms with van der Waals surface area (Å²) < 4.78 is 11.2. The summed E-state index contributed by atoms with van der Waals surface area (Å²) in [6.07, 6.45) is 1.33. The smallest absolute Gasteiger partial charge is 0.270 e. The van der Waals surface area contributed by atoms with Crippen molar-refractivity contribution in [3.05, 3.63) is 82.1 Å². The van der Waals surface area contributed by atoms with Crippen LogP contribution in [0.1, 0.15) is 12.7 Å². The molecule has 0 atom stereocenters. The Hall–Kier alpha value is -4.31. The number of hydrogen-bond acceptors (Lipinski definition) is 7. The molecule has 0 aliphatic carbocycles. The fourth-order valence-electron chi connectivity index (χ4n) is 3.25. The van der Waals surface area contributed by atoms with Crippen molar-refractivity contribution in [2.75, 3.05) is 11.5 Å². The molecule has 1 saturated heterocycles. The summed E-state index contributed by atoms with van der Waals surface area (Å²) in [5.41, 5.74) is 0.865. The van der Waals surface area contributed by atoms with Crippen LogP contribution in [0, 0.1) is 10.1 Å². The molecule has 10 heteroatoms. The molecule has 0 radical (unpaired) electrons. The molecule has 1 aromatic heterocycles. The number of thiocarbonyl (C=S) groups is 1. The minimum absolute atomic E-state index is 0.0400. The SMILES string of the molecule is CCOc1cccc(N2C(=O)/C(=C\c3ccc(-c4ccc([N+](=O)[O-])cc4)o3)C(=O)NC2=S)c1. The van der Waals surface area contributed by atoms with E-state index in [0.717, 1.165) is 0 Å².